The molecular weight excluding hydrogens is 426 g/mol. The zero-order chi connectivity index (χ0) is 22.2. The van der Waals surface area contributed by atoms with Crippen LogP contribution in [-0.2, 0) is 14.4 Å². The molecule has 1 aliphatic carbocycles. The Morgan fingerprint density at radius 1 is 1.09 bits per heavy atom. The van der Waals surface area contributed by atoms with E-state index in [2.05, 4.69) is 4.98 Å². The average molecular weight is 448 g/mol. The third-order valence-corrected chi connectivity index (χ3v) is 6.95. The number of anilines is 2. The molecule has 2 aliphatic rings. The van der Waals surface area contributed by atoms with E-state index < -0.39 is 5.91 Å². The molecule has 8 heteroatoms. The van der Waals surface area contributed by atoms with E-state index in [1.165, 1.54) is 16.2 Å². The number of rotatable bonds is 5. The molecule has 162 valence electrons. The fraction of sp³-hybridized carbons (Fsp3) is 0.250. The topological polar surface area (TPSA) is 79.8 Å². The number of benzene rings is 2. The summed E-state index contributed by atoms with van der Waals surface area (Å²) in [6.45, 7) is -0.322. The van der Waals surface area contributed by atoms with Gasteiger partial charge in [0, 0.05) is 6.07 Å². The predicted octanol–water partition coefficient (Wildman–Crippen LogP) is 3.92. The molecule has 2 atom stereocenters. The molecule has 0 N–H and O–H groups in total. The first kappa shape index (κ1) is 20.4. The Bertz CT molecular complexity index is 1190. The molecular formula is C24H21N3O4S. The predicted molar refractivity (Wildman–Crippen MR) is 122 cm³/mol. The number of methoxy groups -OCH3 is 1. The molecule has 1 aromatic heterocycles. The van der Waals surface area contributed by atoms with E-state index in [0.29, 0.717) is 29.4 Å². The molecule has 2 aromatic carbocycles. The zero-order valence-electron chi connectivity index (χ0n) is 17.4. The van der Waals surface area contributed by atoms with Gasteiger partial charge in [-0.2, -0.15) is 0 Å². The smallest absolute Gasteiger partial charge is 0.253 e. The lowest BCUT2D eigenvalue weighted by atomic mass is 9.85. The number of likely N-dealkylation sites (tertiary alicyclic amines) is 1. The summed E-state index contributed by atoms with van der Waals surface area (Å²) in [6, 6.07) is 14.7. The Balaban J connectivity index is 1.50. The second-order valence-corrected chi connectivity index (χ2v) is 8.82. The molecule has 3 amide bonds. The number of hydrogen-bond donors (Lipinski definition) is 0. The Morgan fingerprint density at radius 3 is 2.50 bits per heavy atom. The number of fused-ring (bicyclic) bond motifs is 2. The summed E-state index contributed by atoms with van der Waals surface area (Å²) in [5, 5.41) is 0.475. The van der Waals surface area contributed by atoms with Gasteiger partial charge in [-0.25, -0.2) is 4.98 Å². The monoisotopic (exact) mass is 447 g/mol. The fourth-order valence-electron chi connectivity index (χ4n) is 4.30. The first-order valence-corrected chi connectivity index (χ1v) is 11.2. The molecule has 0 spiro atoms. The van der Waals surface area contributed by atoms with Gasteiger partial charge in [-0.3, -0.25) is 24.2 Å². The van der Waals surface area contributed by atoms with Gasteiger partial charge in [-0.15, -0.1) is 0 Å². The number of thiazole rings is 1. The maximum Gasteiger partial charge on any atom is 0.253 e. The maximum absolute atomic E-state index is 13.6. The number of carbonyl (C=O) groups is 3. The normalized spacial score (nSPS) is 20.0. The van der Waals surface area contributed by atoms with Gasteiger partial charge in [0.1, 0.15) is 12.3 Å². The minimum absolute atomic E-state index is 0.271. The van der Waals surface area contributed by atoms with Crippen molar-refractivity contribution in [2.75, 3.05) is 18.6 Å². The number of aromatic nitrogens is 1. The van der Waals surface area contributed by atoms with Gasteiger partial charge >= 0.3 is 0 Å². The van der Waals surface area contributed by atoms with Crippen LogP contribution in [0.2, 0.25) is 0 Å². The molecule has 0 radical (unpaired) electrons. The van der Waals surface area contributed by atoms with E-state index in [4.69, 9.17) is 4.74 Å². The van der Waals surface area contributed by atoms with Crippen LogP contribution in [0.15, 0.2) is 60.7 Å². The maximum atomic E-state index is 13.6. The van der Waals surface area contributed by atoms with Gasteiger partial charge in [0.15, 0.2) is 5.13 Å². The second kappa shape index (κ2) is 8.20. The molecule has 0 saturated carbocycles. The van der Waals surface area contributed by atoms with Crippen LogP contribution < -0.4 is 9.64 Å². The van der Waals surface area contributed by atoms with Gasteiger partial charge in [0.05, 0.1) is 34.8 Å². The molecule has 1 fully saturated rings. The lowest BCUT2D eigenvalue weighted by Gasteiger charge is -2.23. The lowest BCUT2D eigenvalue weighted by Crippen LogP contribution is -2.41. The number of carbonyl (C=O) groups excluding carboxylic acids is 3. The van der Waals surface area contributed by atoms with Crippen molar-refractivity contribution in [2.24, 2.45) is 11.8 Å². The number of allylic oxidation sites excluding steroid dienone is 2. The van der Waals surface area contributed by atoms with Crippen LogP contribution in [0.5, 0.6) is 5.75 Å². The summed E-state index contributed by atoms with van der Waals surface area (Å²) in [7, 11) is 1.56. The molecule has 1 aliphatic heterocycles. The van der Waals surface area contributed by atoms with Crippen molar-refractivity contribution in [1.29, 1.82) is 0 Å². The average Bonchev–Trinajstić information content (AvgIpc) is 3.34. The number of ether oxygens (including phenoxy) is 1. The van der Waals surface area contributed by atoms with Gasteiger partial charge in [-0.1, -0.05) is 41.7 Å². The van der Waals surface area contributed by atoms with Crippen LogP contribution in [0.1, 0.15) is 12.8 Å². The van der Waals surface area contributed by atoms with Crippen LogP contribution in [-0.4, -0.2) is 41.3 Å². The minimum Gasteiger partial charge on any atom is -0.497 e. The van der Waals surface area contributed by atoms with Crippen molar-refractivity contribution in [3.63, 3.8) is 0 Å². The molecule has 1 saturated heterocycles. The van der Waals surface area contributed by atoms with Gasteiger partial charge in [-0.05, 0) is 37.1 Å². The highest BCUT2D eigenvalue weighted by molar-refractivity contribution is 7.22. The highest BCUT2D eigenvalue weighted by Crippen LogP contribution is 2.37. The van der Waals surface area contributed by atoms with Crippen LogP contribution in [0.3, 0.4) is 0 Å². The van der Waals surface area contributed by atoms with Crippen LogP contribution >= 0.6 is 11.3 Å². The van der Waals surface area contributed by atoms with Crippen molar-refractivity contribution < 1.29 is 19.1 Å². The van der Waals surface area contributed by atoms with E-state index in [1.54, 1.807) is 31.4 Å². The van der Waals surface area contributed by atoms with Crippen molar-refractivity contribution >= 4 is 50.1 Å². The molecule has 32 heavy (non-hydrogen) atoms. The number of imide groups is 1. The largest absolute Gasteiger partial charge is 0.497 e. The minimum atomic E-state index is -0.398. The van der Waals surface area contributed by atoms with Crippen LogP contribution in [0.25, 0.3) is 10.2 Å². The van der Waals surface area contributed by atoms with Gasteiger partial charge in [0.25, 0.3) is 5.91 Å². The Hall–Kier alpha value is -3.52. The summed E-state index contributed by atoms with van der Waals surface area (Å²) < 4.78 is 6.27. The van der Waals surface area contributed by atoms with Crippen molar-refractivity contribution in [3.8, 4) is 5.75 Å². The van der Waals surface area contributed by atoms with E-state index in [1.807, 2.05) is 36.4 Å². The first-order valence-electron chi connectivity index (χ1n) is 10.4. The molecule has 2 unspecified atom stereocenters. The number of amides is 3. The molecule has 2 heterocycles. The summed E-state index contributed by atoms with van der Waals surface area (Å²) in [5.74, 6) is -1.08. The highest BCUT2D eigenvalue weighted by atomic mass is 32.1. The lowest BCUT2D eigenvalue weighted by molar-refractivity contribution is -0.143. The van der Waals surface area contributed by atoms with Crippen LogP contribution in [0, 0.1) is 11.8 Å². The third-order valence-electron chi connectivity index (χ3n) is 5.93. The van der Waals surface area contributed by atoms with Crippen molar-refractivity contribution in [3.05, 3.63) is 60.7 Å². The fourth-order valence-corrected chi connectivity index (χ4v) is 5.30. The summed E-state index contributed by atoms with van der Waals surface area (Å²) in [5.41, 5.74) is 1.34. The number of hydrogen-bond acceptors (Lipinski definition) is 6. The van der Waals surface area contributed by atoms with Gasteiger partial charge in [0.2, 0.25) is 11.8 Å². The van der Waals surface area contributed by atoms with Crippen LogP contribution in [0.4, 0.5) is 10.8 Å². The standard InChI is InChI=1S/C24H21N3O4S/c1-31-16-8-6-7-15(13-16)27(24-25-19-11-4-5-12-20(19)32-24)21(28)14-26-22(29)17-9-2-3-10-18(17)23(26)30/h2-8,11-13,17-18H,9-10,14H2,1H3. The molecule has 7 nitrogen and oxygen atoms in total. The molecule has 0 bridgehead atoms. The van der Waals surface area contributed by atoms with Crippen molar-refractivity contribution in [2.45, 2.75) is 12.8 Å². The van der Waals surface area contributed by atoms with E-state index in [-0.39, 0.29) is 30.2 Å². The quantitative estimate of drug-likeness (QED) is 0.438. The first-order chi connectivity index (χ1) is 15.6. The Morgan fingerprint density at radius 2 is 1.81 bits per heavy atom. The Kier molecular flexibility index (Phi) is 5.22. The summed E-state index contributed by atoms with van der Waals surface area (Å²) in [4.78, 5) is 46.6. The number of para-hydroxylation sites is 1. The third kappa shape index (κ3) is 3.46. The zero-order valence-corrected chi connectivity index (χ0v) is 18.2. The van der Waals surface area contributed by atoms with E-state index >= 15 is 0 Å². The van der Waals surface area contributed by atoms with Crippen molar-refractivity contribution in [1.82, 2.24) is 9.88 Å². The summed E-state index contributed by atoms with van der Waals surface area (Å²) >= 11 is 1.38. The van der Waals surface area contributed by atoms with E-state index in [9.17, 15) is 14.4 Å². The number of nitrogens with zero attached hydrogens (tertiary/aromatic N) is 3. The molecule has 5 rings (SSSR count). The van der Waals surface area contributed by atoms with Gasteiger partial charge < -0.3 is 4.74 Å². The second-order valence-electron chi connectivity index (χ2n) is 7.81. The SMILES string of the molecule is COc1cccc(N(C(=O)CN2C(=O)C3CC=CCC3C2=O)c2nc3ccccc3s2)c1. The van der Waals surface area contributed by atoms with E-state index in [0.717, 1.165) is 15.1 Å². The molecule has 3 aromatic rings. The Labute approximate surface area is 188 Å². The summed E-state index contributed by atoms with van der Waals surface area (Å²) in [6.07, 6.45) is 4.94. The highest BCUT2D eigenvalue weighted by Gasteiger charge is 2.48.